The number of aromatic nitrogens is 1. The Hall–Kier alpha value is -0.460. The normalized spacial score (nSPS) is 10.4. The molecular weight excluding hydrogens is 307 g/mol. The molecule has 1 N–H and O–H groups in total. The van der Waals surface area contributed by atoms with Crippen molar-refractivity contribution in [1.82, 2.24) is 8.51 Å². The Morgan fingerprint density at radius 1 is 1.43 bits per heavy atom. The fourth-order valence-corrected chi connectivity index (χ4v) is 2.33. The molecule has 0 spiro atoms. The highest BCUT2D eigenvalue weighted by atomic mass is 127. The molecule has 0 saturated heterocycles. The lowest BCUT2D eigenvalue weighted by Gasteiger charge is -2.01. The topological polar surface area (TPSA) is 24.9 Å². The molecule has 2 rings (SSSR count). The van der Waals surface area contributed by atoms with Gasteiger partial charge in [0.25, 0.3) is 0 Å². The maximum atomic E-state index is 4.28. The molecule has 0 bridgehead atoms. The number of halogens is 1. The van der Waals surface area contributed by atoms with E-state index in [-0.39, 0.29) is 0 Å². The highest BCUT2D eigenvalue weighted by molar-refractivity contribution is 14.1. The summed E-state index contributed by atoms with van der Waals surface area (Å²) in [6.07, 6.45) is 1.84. The summed E-state index contributed by atoms with van der Waals surface area (Å²) in [5, 5.41) is 3.08. The van der Waals surface area contributed by atoms with Gasteiger partial charge in [-0.1, -0.05) is 18.2 Å². The van der Waals surface area contributed by atoms with Crippen molar-refractivity contribution in [3.05, 3.63) is 41.4 Å². The zero-order valence-electron chi connectivity index (χ0n) is 7.40. The first-order chi connectivity index (χ1) is 6.90. The van der Waals surface area contributed by atoms with Gasteiger partial charge in [-0.05, 0) is 11.6 Å². The van der Waals surface area contributed by atoms with E-state index >= 15 is 0 Å². The van der Waals surface area contributed by atoms with Gasteiger partial charge in [0.05, 0.1) is 0 Å². The number of nitrogens with one attached hydrogen (secondary N) is 1. The van der Waals surface area contributed by atoms with Gasteiger partial charge in [-0.15, -0.1) is 11.3 Å². The van der Waals surface area contributed by atoms with Crippen LogP contribution in [0.3, 0.4) is 0 Å². The van der Waals surface area contributed by atoms with Crippen LogP contribution in [-0.2, 0) is 6.54 Å². The SMILES string of the molecule is INCc1cccc(-c2nccs2)c1. The minimum Gasteiger partial charge on any atom is -0.257 e. The molecule has 0 radical (unpaired) electrons. The lowest BCUT2D eigenvalue weighted by Crippen LogP contribution is -1.96. The summed E-state index contributed by atoms with van der Waals surface area (Å²) in [5.41, 5.74) is 2.48. The van der Waals surface area contributed by atoms with Gasteiger partial charge in [-0.2, -0.15) is 0 Å². The third-order valence-electron chi connectivity index (χ3n) is 1.88. The van der Waals surface area contributed by atoms with Gasteiger partial charge in [0.1, 0.15) is 5.01 Å². The van der Waals surface area contributed by atoms with Crippen molar-refractivity contribution in [2.75, 3.05) is 0 Å². The summed E-state index contributed by atoms with van der Waals surface area (Å²) in [5.74, 6) is 0. The lowest BCUT2D eigenvalue weighted by molar-refractivity contribution is 1.01. The van der Waals surface area contributed by atoms with Gasteiger partial charge >= 0.3 is 0 Å². The molecule has 0 saturated carbocycles. The summed E-state index contributed by atoms with van der Waals surface area (Å²) in [6.45, 7) is 0.889. The van der Waals surface area contributed by atoms with Crippen LogP contribution in [0.15, 0.2) is 35.8 Å². The summed E-state index contributed by atoms with van der Waals surface area (Å²) in [7, 11) is 0. The molecule has 0 aliphatic carbocycles. The molecule has 0 atom stereocenters. The molecule has 14 heavy (non-hydrogen) atoms. The molecule has 1 aromatic carbocycles. The molecule has 72 valence electrons. The monoisotopic (exact) mass is 316 g/mol. The zero-order valence-corrected chi connectivity index (χ0v) is 10.4. The molecular formula is C10H9IN2S. The smallest absolute Gasteiger partial charge is 0.123 e. The van der Waals surface area contributed by atoms with Crippen LogP contribution in [0.2, 0.25) is 0 Å². The molecule has 2 aromatic rings. The van der Waals surface area contributed by atoms with Crippen LogP contribution in [0, 0.1) is 0 Å². The largest absolute Gasteiger partial charge is 0.257 e. The van der Waals surface area contributed by atoms with E-state index in [1.54, 1.807) is 11.3 Å². The fraction of sp³-hybridized carbons (Fsp3) is 0.100. The van der Waals surface area contributed by atoms with Crippen molar-refractivity contribution in [1.29, 1.82) is 0 Å². The molecule has 0 aliphatic rings. The lowest BCUT2D eigenvalue weighted by atomic mass is 10.1. The fourth-order valence-electron chi connectivity index (χ4n) is 1.26. The number of hydrogen-bond acceptors (Lipinski definition) is 3. The Morgan fingerprint density at radius 2 is 2.36 bits per heavy atom. The third-order valence-corrected chi connectivity index (χ3v) is 3.08. The van der Waals surface area contributed by atoms with Gasteiger partial charge < -0.3 is 0 Å². The molecule has 0 fully saturated rings. The van der Waals surface area contributed by atoms with Crippen molar-refractivity contribution in [2.24, 2.45) is 0 Å². The van der Waals surface area contributed by atoms with Gasteiger partial charge in [0.15, 0.2) is 0 Å². The van der Waals surface area contributed by atoms with Crippen LogP contribution in [0.4, 0.5) is 0 Å². The van der Waals surface area contributed by atoms with Crippen LogP contribution in [0.1, 0.15) is 5.56 Å². The maximum absolute atomic E-state index is 4.28. The number of benzene rings is 1. The van der Waals surface area contributed by atoms with Crippen molar-refractivity contribution in [2.45, 2.75) is 6.54 Å². The van der Waals surface area contributed by atoms with E-state index in [4.69, 9.17) is 0 Å². The van der Waals surface area contributed by atoms with E-state index < -0.39 is 0 Å². The van der Waals surface area contributed by atoms with Crippen LogP contribution < -0.4 is 3.53 Å². The number of rotatable bonds is 3. The van der Waals surface area contributed by atoms with Crippen LogP contribution in [0.5, 0.6) is 0 Å². The highest BCUT2D eigenvalue weighted by Gasteiger charge is 2.00. The van der Waals surface area contributed by atoms with Crippen molar-refractivity contribution < 1.29 is 0 Å². The van der Waals surface area contributed by atoms with Crippen molar-refractivity contribution >= 4 is 34.2 Å². The summed E-state index contributed by atoms with van der Waals surface area (Å²) < 4.78 is 3.11. The third kappa shape index (κ3) is 2.31. The van der Waals surface area contributed by atoms with Crippen LogP contribution in [0.25, 0.3) is 10.6 Å². The van der Waals surface area contributed by atoms with E-state index in [0.29, 0.717) is 0 Å². The van der Waals surface area contributed by atoms with Gasteiger partial charge in [-0.3, -0.25) is 3.53 Å². The Labute approximate surface area is 101 Å². The molecule has 0 aliphatic heterocycles. The second-order valence-corrected chi connectivity index (χ2v) is 4.51. The number of thiazole rings is 1. The minimum absolute atomic E-state index is 0.889. The van der Waals surface area contributed by atoms with E-state index in [9.17, 15) is 0 Å². The minimum atomic E-state index is 0.889. The summed E-state index contributed by atoms with van der Waals surface area (Å²) in [6, 6.07) is 8.45. The average Bonchev–Trinajstić information content (AvgIpc) is 2.71. The van der Waals surface area contributed by atoms with Crippen molar-refractivity contribution in [3.63, 3.8) is 0 Å². The second kappa shape index (κ2) is 4.86. The first-order valence-corrected chi connectivity index (χ1v) is 6.18. The molecule has 4 heteroatoms. The quantitative estimate of drug-likeness (QED) is 0.694. The number of nitrogens with zero attached hydrogens (tertiary/aromatic N) is 1. The Bertz CT molecular complexity index is 400. The van der Waals surface area contributed by atoms with E-state index in [1.165, 1.54) is 11.1 Å². The van der Waals surface area contributed by atoms with E-state index in [0.717, 1.165) is 11.6 Å². The molecule has 0 amide bonds. The molecule has 2 nitrogen and oxygen atoms in total. The Kier molecular flexibility index (Phi) is 3.49. The van der Waals surface area contributed by atoms with E-state index in [1.807, 2.05) is 11.6 Å². The highest BCUT2D eigenvalue weighted by Crippen LogP contribution is 2.22. The number of hydrogen-bond donors (Lipinski definition) is 1. The van der Waals surface area contributed by atoms with Gasteiger partial charge in [0, 0.05) is 46.5 Å². The summed E-state index contributed by atoms with van der Waals surface area (Å²) in [4.78, 5) is 4.28. The first kappa shape index (κ1) is 10.1. The first-order valence-electron chi connectivity index (χ1n) is 4.22. The van der Waals surface area contributed by atoms with Crippen LogP contribution >= 0.6 is 34.2 Å². The summed E-state index contributed by atoms with van der Waals surface area (Å²) >= 11 is 3.82. The van der Waals surface area contributed by atoms with Crippen LogP contribution in [-0.4, -0.2) is 4.98 Å². The molecule has 0 unspecified atom stereocenters. The molecule has 1 heterocycles. The van der Waals surface area contributed by atoms with E-state index in [2.05, 4.69) is 55.6 Å². The molecule has 1 aromatic heterocycles. The average molecular weight is 316 g/mol. The standard InChI is InChI=1S/C10H9IN2S/c11-13-7-8-2-1-3-9(6-8)10-12-4-5-14-10/h1-6,13H,7H2. The van der Waals surface area contributed by atoms with Crippen molar-refractivity contribution in [3.8, 4) is 10.6 Å². The van der Waals surface area contributed by atoms with Gasteiger partial charge in [-0.25, -0.2) is 4.98 Å². The van der Waals surface area contributed by atoms with Gasteiger partial charge in [0.2, 0.25) is 0 Å². The Morgan fingerprint density at radius 3 is 3.07 bits per heavy atom. The predicted molar refractivity (Wildman–Crippen MR) is 68.4 cm³/mol. The Balaban J connectivity index is 2.31. The second-order valence-electron chi connectivity index (χ2n) is 2.85. The predicted octanol–water partition coefficient (Wildman–Crippen LogP) is 3.25. The zero-order chi connectivity index (χ0) is 9.80. The maximum Gasteiger partial charge on any atom is 0.123 e.